The Kier molecular flexibility index (Phi) is 4.54. The van der Waals surface area contributed by atoms with Gasteiger partial charge < -0.3 is 0 Å². The van der Waals surface area contributed by atoms with Gasteiger partial charge in [0.05, 0.1) is 0 Å². The summed E-state index contributed by atoms with van der Waals surface area (Å²) in [5.74, 6) is -0.0222. The fourth-order valence-corrected chi connectivity index (χ4v) is 3.80. The molecule has 0 saturated heterocycles. The first-order chi connectivity index (χ1) is 14.8. The van der Waals surface area contributed by atoms with Crippen molar-refractivity contribution in [1.29, 1.82) is 0 Å². The summed E-state index contributed by atoms with van der Waals surface area (Å²) in [4.78, 5) is 30.4. The second-order valence-corrected chi connectivity index (χ2v) is 6.77. The number of pyridine rings is 4. The Bertz CT molecular complexity index is 1170. The highest BCUT2D eigenvalue weighted by atomic mass is 16.1. The van der Waals surface area contributed by atoms with E-state index in [2.05, 4.69) is 19.9 Å². The zero-order valence-electron chi connectivity index (χ0n) is 15.9. The largest absolute Gasteiger partial charge is 0.289 e. The van der Waals surface area contributed by atoms with Crippen molar-refractivity contribution >= 4 is 28.1 Å². The zero-order chi connectivity index (χ0) is 20.3. The molecule has 4 heterocycles. The van der Waals surface area contributed by atoms with Crippen LogP contribution in [0.15, 0.2) is 98.1 Å². The molecule has 5 rings (SSSR count). The van der Waals surface area contributed by atoms with E-state index in [4.69, 9.17) is 0 Å². The van der Waals surface area contributed by atoms with Gasteiger partial charge in [-0.25, -0.2) is 0 Å². The third-order valence-electron chi connectivity index (χ3n) is 5.08. The van der Waals surface area contributed by atoms with Crippen LogP contribution >= 0.6 is 0 Å². The highest BCUT2D eigenvalue weighted by Gasteiger charge is 2.35. The van der Waals surface area contributed by atoms with Crippen LogP contribution in [-0.4, -0.2) is 25.7 Å². The van der Waals surface area contributed by atoms with Crippen LogP contribution in [0.1, 0.15) is 22.3 Å². The monoisotopic (exact) mass is 388 g/mol. The van der Waals surface area contributed by atoms with Gasteiger partial charge in [0.2, 0.25) is 0 Å². The molecule has 0 N–H and O–H groups in total. The minimum absolute atomic E-state index is 0.0222. The van der Waals surface area contributed by atoms with Gasteiger partial charge in [-0.2, -0.15) is 0 Å². The Hall–Kier alpha value is -4.25. The third-order valence-corrected chi connectivity index (χ3v) is 5.08. The number of hydrogen-bond donors (Lipinski definition) is 0. The fourth-order valence-electron chi connectivity index (χ4n) is 3.80. The predicted octanol–water partition coefficient (Wildman–Crippen LogP) is 4.37. The zero-order valence-corrected chi connectivity index (χ0v) is 15.9. The van der Waals surface area contributed by atoms with Crippen molar-refractivity contribution in [3.8, 4) is 0 Å². The number of aromatic nitrogens is 4. The summed E-state index contributed by atoms with van der Waals surface area (Å²) in [5, 5.41) is 0. The lowest BCUT2D eigenvalue weighted by atomic mass is 9.90. The first-order valence-corrected chi connectivity index (χ1v) is 9.50. The molecule has 0 spiro atoms. The quantitative estimate of drug-likeness (QED) is 0.519. The third kappa shape index (κ3) is 3.02. The maximum atomic E-state index is 13.9. The number of nitrogens with zero attached hydrogens (tertiary/aromatic N) is 4. The number of carbonyl (C=O) groups excluding carboxylic acids is 1. The van der Waals surface area contributed by atoms with E-state index in [-0.39, 0.29) is 5.78 Å². The van der Waals surface area contributed by atoms with Gasteiger partial charge in [0.15, 0.2) is 5.78 Å². The van der Waals surface area contributed by atoms with E-state index in [1.807, 2.05) is 48.5 Å². The van der Waals surface area contributed by atoms with Gasteiger partial charge in [0, 0.05) is 71.9 Å². The van der Waals surface area contributed by atoms with Gasteiger partial charge in [-0.15, -0.1) is 0 Å². The molecule has 0 fully saturated rings. The number of Topliss-reactive ketones (excluding diaryl/α,β-unsaturated/α-hetero) is 1. The molecular weight excluding hydrogens is 372 g/mol. The first-order valence-electron chi connectivity index (χ1n) is 9.50. The number of ketones is 1. The Morgan fingerprint density at radius 2 is 0.600 bits per heavy atom. The standard InChI is InChI=1S/C25H16N4O/c30-25-23(19-5-13-28-14-6-19)21(17-1-9-26-10-2-17)22(18-3-11-27-12-4-18)24(25)20-7-15-29-16-8-20/h1-16H. The second kappa shape index (κ2) is 7.64. The Balaban J connectivity index is 1.88. The van der Waals surface area contributed by atoms with Crippen LogP contribution in [0, 0.1) is 0 Å². The molecule has 0 amide bonds. The molecule has 5 nitrogen and oxygen atoms in total. The summed E-state index contributed by atoms with van der Waals surface area (Å²) >= 11 is 0. The molecule has 142 valence electrons. The minimum atomic E-state index is -0.0222. The molecule has 1 aliphatic carbocycles. The Morgan fingerprint density at radius 3 is 0.867 bits per heavy atom. The molecule has 1 aliphatic rings. The Labute approximate surface area is 173 Å². The summed E-state index contributed by atoms with van der Waals surface area (Å²) in [6.45, 7) is 0. The molecule has 30 heavy (non-hydrogen) atoms. The second-order valence-electron chi connectivity index (χ2n) is 6.77. The minimum Gasteiger partial charge on any atom is -0.289 e. The molecule has 0 saturated carbocycles. The molecule has 0 radical (unpaired) electrons. The highest BCUT2D eigenvalue weighted by Crippen LogP contribution is 2.49. The van der Waals surface area contributed by atoms with Crippen LogP contribution in [0.3, 0.4) is 0 Å². The van der Waals surface area contributed by atoms with Crippen molar-refractivity contribution in [2.75, 3.05) is 0 Å². The molecule has 0 aromatic carbocycles. The maximum Gasteiger partial charge on any atom is 0.195 e. The molecule has 0 aliphatic heterocycles. The van der Waals surface area contributed by atoms with E-state index in [0.29, 0.717) is 11.1 Å². The molecule has 0 bridgehead atoms. The summed E-state index contributed by atoms with van der Waals surface area (Å²) in [6.07, 6.45) is 13.8. The average Bonchev–Trinajstić information content (AvgIpc) is 3.14. The van der Waals surface area contributed by atoms with Crippen molar-refractivity contribution in [2.24, 2.45) is 0 Å². The SMILES string of the molecule is O=C1C(c2ccncc2)=C(c2ccncc2)C(c2ccncc2)=C1c1ccncc1. The van der Waals surface area contributed by atoms with Gasteiger partial charge in [0.1, 0.15) is 0 Å². The summed E-state index contributed by atoms with van der Waals surface area (Å²) in [6, 6.07) is 15.2. The number of allylic oxidation sites excluding steroid dienone is 4. The number of carbonyl (C=O) groups is 1. The average molecular weight is 388 g/mol. The smallest absolute Gasteiger partial charge is 0.195 e. The van der Waals surface area contributed by atoms with Gasteiger partial charge in [-0.05, 0) is 70.8 Å². The molecule has 4 aromatic heterocycles. The first kappa shape index (κ1) is 17.8. The van der Waals surface area contributed by atoms with Crippen LogP contribution in [0.4, 0.5) is 0 Å². The summed E-state index contributed by atoms with van der Waals surface area (Å²) in [7, 11) is 0. The van der Waals surface area contributed by atoms with Crippen molar-refractivity contribution in [2.45, 2.75) is 0 Å². The Morgan fingerprint density at radius 1 is 0.367 bits per heavy atom. The molecule has 0 unspecified atom stereocenters. The van der Waals surface area contributed by atoms with Crippen molar-refractivity contribution in [3.05, 3.63) is 120 Å². The van der Waals surface area contributed by atoms with Crippen LogP contribution in [-0.2, 0) is 4.79 Å². The molecule has 0 atom stereocenters. The lowest BCUT2D eigenvalue weighted by Crippen LogP contribution is -2.02. The van der Waals surface area contributed by atoms with Crippen LogP contribution < -0.4 is 0 Å². The van der Waals surface area contributed by atoms with E-state index in [9.17, 15) is 4.79 Å². The van der Waals surface area contributed by atoms with Gasteiger partial charge in [-0.1, -0.05) is 0 Å². The predicted molar refractivity (Wildman–Crippen MR) is 116 cm³/mol. The van der Waals surface area contributed by atoms with E-state index >= 15 is 0 Å². The fraction of sp³-hybridized carbons (Fsp3) is 0. The van der Waals surface area contributed by atoms with E-state index in [0.717, 1.165) is 33.4 Å². The summed E-state index contributed by atoms with van der Waals surface area (Å²) < 4.78 is 0. The van der Waals surface area contributed by atoms with E-state index in [1.54, 1.807) is 49.6 Å². The van der Waals surface area contributed by atoms with Gasteiger partial charge in [-0.3, -0.25) is 24.7 Å². The van der Waals surface area contributed by atoms with Crippen molar-refractivity contribution in [1.82, 2.24) is 19.9 Å². The van der Waals surface area contributed by atoms with Crippen molar-refractivity contribution < 1.29 is 4.79 Å². The van der Waals surface area contributed by atoms with E-state index in [1.165, 1.54) is 0 Å². The molecule has 5 heteroatoms. The maximum absolute atomic E-state index is 13.9. The lowest BCUT2D eigenvalue weighted by Gasteiger charge is -2.13. The van der Waals surface area contributed by atoms with Gasteiger partial charge >= 0.3 is 0 Å². The normalized spacial score (nSPS) is 13.8. The number of rotatable bonds is 4. The van der Waals surface area contributed by atoms with Gasteiger partial charge in [0.25, 0.3) is 0 Å². The topological polar surface area (TPSA) is 68.6 Å². The van der Waals surface area contributed by atoms with Crippen LogP contribution in [0.2, 0.25) is 0 Å². The van der Waals surface area contributed by atoms with Crippen LogP contribution in [0.25, 0.3) is 22.3 Å². The van der Waals surface area contributed by atoms with Crippen LogP contribution in [0.5, 0.6) is 0 Å². The molecular formula is C25H16N4O. The van der Waals surface area contributed by atoms with E-state index < -0.39 is 0 Å². The molecule has 4 aromatic rings. The van der Waals surface area contributed by atoms with Crippen molar-refractivity contribution in [3.63, 3.8) is 0 Å². The number of hydrogen-bond acceptors (Lipinski definition) is 5. The summed E-state index contributed by atoms with van der Waals surface area (Å²) in [5.41, 5.74) is 6.60. The highest BCUT2D eigenvalue weighted by molar-refractivity contribution is 6.59. The lowest BCUT2D eigenvalue weighted by molar-refractivity contribution is -0.108.